The summed E-state index contributed by atoms with van der Waals surface area (Å²) in [4.78, 5) is 0. The van der Waals surface area contributed by atoms with E-state index < -0.39 is 0 Å². The predicted octanol–water partition coefficient (Wildman–Crippen LogP) is 0.728. The summed E-state index contributed by atoms with van der Waals surface area (Å²) in [6, 6.07) is 0.667. The van der Waals surface area contributed by atoms with Gasteiger partial charge in [-0.05, 0) is 24.8 Å². The Morgan fingerprint density at radius 2 is 2.50 bits per heavy atom. The Morgan fingerprint density at radius 3 is 2.62 bits per heavy atom. The Morgan fingerprint density at radius 1 is 1.50 bits per heavy atom. The van der Waals surface area contributed by atoms with E-state index in [1.165, 1.54) is 19.4 Å². The monoisotopic (exact) mass is 108 g/mol. The van der Waals surface area contributed by atoms with Crippen LogP contribution in [0.5, 0.6) is 0 Å². The van der Waals surface area contributed by atoms with Crippen molar-refractivity contribution in [2.24, 2.45) is 5.92 Å². The second-order valence-electron chi connectivity index (χ2n) is 2.62. The van der Waals surface area contributed by atoms with Crippen LogP contribution in [-0.2, 0) is 0 Å². The molecule has 0 aromatic rings. The molecule has 1 aliphatic carbocycles. The first kappa shape index (κ1) is 4.57. The standard InChI is InChI=1S/C7H10N/c1-3-7-4-2-6(1)5-8-7/h4,6-8H,1,3,5H2. The number of fused-ring (bicyclic) bond motifs is 2. The van der Waals surface area contributed by atoms with E-state index in [9.17, 15) is 0 Å². The highest BCUT2D eigenvalue weighted by molar-refractivity contribution is 5.01. The van der Waals surface area contributed by atoms with Crippen molar-refractivity contribution < 1.29 is 0 Å². The van der Waals surface area contributed by atoms with Gasteiger partial charge in [-0.3, -0.25) is 0 Å². The van der Waals surface area contributed by atoms with E-state index in [4.69, 9.17) is 0 Å². The maximum absolute atomic E-state index is 3.40. The minimum Gasteiger partial charge on any atom is -0.310 e. The predicted molar refractivity (Wildman–Crippen MR) is 32.3 cm³/mol. The zero-order valence-electron chi connectivity index (χ0n) is 4.85. The van der Waals surface area contributed by atoms with E-state index in [1.807, 2.05) is 0 Å². The molecule has 0 saturated carbocycles. The molecule has 1 radical (unpaired) electrons. The molecule has 8 heavy (non-hydrogen) atoms. The van der Waals surface area contributed by atoms with Crippen LogP contribution in [0.2, 0.25) is 0 Å². The van der Waals surface area contributed by atoms with E-state index in [2.05, 4.69) is 17.5 Å². The van der Waals surface area contributed by atoms with Gasteiger partial charge in [-0.25, -0.2) is 0 Å². The smallest absolute Gasteiger partial charge is 0.0256 e. The van der Waals surface area contributed by atoms with E-state index in [1.54, 1.807) is 0 Å². The number of hydrogen-bond donors (Lipinski definition) is 1. The average molecular weight is 108 g/mol. The highest BCUT2D eigenvalue weighted by atomic mass is 14.9. The van der Waals surface area contributed by atoms with Crippen LogP contribution in [-0.4, -0.2) is 12.6 Å². The summed E-state index contributed by atoms with van der Waals surface area (Å²) in [6.07, 6.45) is 8.20. The van der Waals surface area contributed by atoms with E-state index >= 15 is 0 Å². The van der Waals surface area contributed by atoms with Gasteiger partial charge in [0.05, 0.1) is 0 Å². The Balaban J connectivity index is 2.20. The lowest BCUT2D eigenvalue weighted by atomic mass is 9.88. The molecule has 1 saturated heterocycles. The van der Waals surface area contributed by atoms with Crippen molar-refractivity contribution in [1.82, 2.24) is 5.32 Å². The summed E-state index contributed by atoms with van der Waals surface area (Å²) in [7, 11) is 0. The molecule has 1 N–H and O–H groups in total. The van der Waals surface area contributed by atoms with Gasteiger partial charge in [0, 0.05) is 12.6 Å². The Labute approximate surface area is 49.8 Å². The molecular weight excluding hydrogens is 98.1 g/mol. The largest absolute Gasteiger partial charge is 0.310 e. The number of nitrogens with one attached hydrogen (secondary N) is 1. The van der Waals surface area contributed by atoms with Crippen molar-refractivity contribution >= 4 is 0 Å². The van der Waals surface area contributed by atoms with Gasteiger partial charge in [0.2, 0.25) is 0 Å². The van der Waals surface area contributed by atoms with Crippen LogP contribution in [0.4, 0.5) is 0 Å². The number of piperidine rings is 1. The second-order valence-corrected chi connectivity index (χ2v) is 2.62. The molecule has 2 heterocycles. The zero-order valence-corrected chi connectivity index (χ0v) is 4.85. The molecule has 1 heteroatoms. The molecule has 3 rings (SSSR count). The Kier molecular flexibility index (Phi) is 0.908. The minimum absolute atomic E-state index is 0.667. The highest BCUT2D eigenvalue weighted by Crippen LogP contribution is 2.20. The molecule has 43 valence electrons. The first-order chi connectivity index (χ1) is 3.95. The molecule has 0 aromatic heterocycles. The lowest BCUT2D eigenvalue weighted by Gasteiger charge is -2.30. The summed E-state index contributed by atoms with van der Waals surface area (Å²) in [6.45, 7) is 1.17. The summed E-state index contributed by atoms with van der Waals surface area (Å²) in [5.41, 5.74) is 0. The van der Waals surface area contributed by atoms with Crippen LogP contribution in [0.25, 0.3) is 0 Å². The van der Waals surface area contributed by atoms with Gasteiger partial charge in [-0.2, -0.15) is 0 Å². The topological polar surface area (TPSA) is 12.0 Å². The molecule has 1 nitrogen and oxygen atoms in total. The van der Waals surface area contributed by atoms with Crippen molar-refractivity contribution in [3.8, 4) is 0 Å². The van der Waals surface area contributed by atoms with Crippen molar-refractivity contribution in [2.75, 3.05) is 6.54 Å². The fourth-order valence-electron chi connectivity index (χ4n) is 1.42. The average Bonchev–Trinajstić information content (AvgIpc) is 1.92. The van der Waals surface area contributed by atoms with Gasteiger partial charge >= 0.3 is 0 Å². The summed E-state index contributed by atoms with van der Waals surface area (Å²) in [5.74, 6) is 0.736. The van der Waals surface area contributed by atoms with Crippen molar-refractivity contribution in [3.63, 3.8) is 0 Å². The molecule has 0 aromatic carbocycles. The Hall–Kier alpha value is -0.300. The van der Waals surface area contributed by atoms with Crippen molar-refractivity contribution in [3.05, 3.63) is 12.2 Å². The quantitative estimate of drug-likeness (QED) is 0.482. The van der Waals surface area contributed by atoms with Gasteiger partial charge in [-0.15, -0.1) is 0 Å². The van der Waals surface area contributed by atoms with Crippen molar-refractivity contribution in [2.45, 2.75) is 18.9 Å². The fraction of sp³-hybridized carbons (Fsp3) is 0.714. The van der Waals surface area contributed by atoms with Crippen LogP contribution in [0.3, 0.4) is 0 Å². The summed E-state index contributed by atoms with van der Waals surface area (Å²) < 4.78 is 0. The minimum atomic E-state index is 0.667. The normalized spacial score (nSPS) is 43.0. The third kappa shape index (κ3) is 0.583. The first-order valence-corrected chi connectivity index (χ1v) is 3.28. The first-order valence-electron chi connectivity index (χ1n) is 3.28. The van der Waals surface area contributed by atoms with Gasteiger partial charge in [0.15, 0.2) is 0 Å². The van der Waals surface area contributed by atoms with E-state index in [-0.39, 0.29) is 0 Å². The second kappa shape index (κ2) is 1.59. The fourth-order valence-corrected chi connectivity index (χ4v) is 1.42. The third-order valence-electron chi connectivity index (χ3n) is 1.99. The van der Waals surface area contributed by atoms with Gasteiger partial charge in [0.1, 0.15) is 0 Å². The summed E-state index contributed by atoms with van der Waals surface area (Å²) >= 11 is 0. The number of hydrogen-bond acceptors (Lipinski definition) is 1. The van der Waals surface area contributed by atoms with Gasteiger partial charge in [-0.1, -0.05) is 6.08 Å². The lowest BCUT2D eigenvalue weighted by molar-refractivity contribution is 0.354. The van der Waals surface area contributed by atoms with Crippen LogP contribution in [0, 0.1) is 12.0 Å². The molecule has 2 aliphatic heterocycles. The molecule has 0 amide bonds. The van der Waals surface area contributed by atoms with Crippen LogP contribution in [0.1, 0.15) is 12.8 Å². The lowest BCUT2D eigenvalue weighted by Crippen LogP contribution is -2.40. The van der Waals surface area contributed by atoms with Crippen LogP contribution >= 0.6 is 0 Å². The van der Waals surface area contributed by atoms with Gasteiger partial charge in [0.25, 0.3) is 0 Å². The molecule has 0 spiro atoms. The molecule has 2 unspecified atom stereocenters. The third-order valence-corrected chi connectivity index (χ3v) is 1.99. The maximum atomic E-state index is 3.40. The number of rotatable bonds is 0. The summed E-state index contributed by atoms with van der Waals surface area (Å²) in [5, 5.41) is 3.40. The molecular formula is C7H10N. The van der Waals surface area contributed by atoms with E-state index in [0.717, 1.165) is 5.92 Å². The SMILES string of the molecule is [C]1=CC2CCC1CN2. The van der Waals surface area contributed by atoms with Crippen LogP contribution < -0.4 is 5.32 Å². The van der Waals surface area contributed by atoms with Crippen molar-refractivity contribution in [1.29, 1.82) is 0 Å². The highest BCUT2D eigenvalue weighted by Gasteiger charge is 2.21. The molecule has 1 fully saturated rings. The van der Waals surface area contributed by atoms with Gasteiger partial charge < -0.3 is 5.32 Å². The molecule has 3 aliphatic rings. The Bertz CT molecular complexity index is 95.6. The molecule has 2 atom stereocenters. The maximum Gasteiger partial charge on any atom is 0.0256 e. The van der Waals surface area contributed by atoms with E-state index in [0.29, 0.717) is 6.04 Å². The zero-order chi connectivity index (χ0) is 5.40. The molecule has 2 bridgehead atoms. The van der Waals surface area contributed by atoms with Crippen LogP contribution in [0.15, 0.2) is 6.08 Å².